The number of benzene rings is 2. The number of methoxy groups -OCH3 is 2. The molecule has 0 bridgehead atoms. The zero-order chi connectivity index (χ0) is 19.4. The average Bonchev–Trinajstić information content (AvgIpc) is 2.60. The number of carbonyl (C=O) groups is 3. The monoisotopic (exact) mass is 356 g/mol. The van der Waals surface area contributed by atoms with E-state index in [0.717, 1.165) is 5.56 Å². The predicted molar refractivity (Wildman–Crippen MR) is 95.7 cm³/mol. The number of aryl methyl sites for hydroxylation is 1. The van der Waals surface area contributed by atoms with Gasteiger partial charge in [0.1, 0.15) is 28.4 Å². The Morgan fingerprint density at radius 2 is 1.46 bits per heavy atom. The van der Waals surface area contributed by atoms with Crippen molar-refractivity contribution in [2.45, 2.75) is 20.3 Å². The molecule has 0 spiro atoms. The number of ketones is 3. The molecule has 0 aliphatic heterocycles. The predicted octanol–water partition coefficient (Wildman–Crippen LogP) is 3.38. The zero-order valence-corrected chi connectivity index (χ0v) is 15.1. The van der Waals surface area contributed by atoms with Crippen LogP contribution in [-0.4, -0.2) is 36.7 Å². The van der Waals surface area contributed by atoms with Crippen LogP contribution in [0, 0.1) is 6.92 Å². The fraction of sp³-hybridized carbons (Fsp3) is 0.250. The van der Waals surface area contributed by atoms with Crippen LogP contribution in [0.4, 0.5) is 0 Å². The fourth-order valence-electron chi connectivity index (χ4n) is 2.63. The third-order valence-corrected chi connectivity index (χ3v) is 3.99. The van der Waals surface area contributed by atoms with Gasteiger partial charge in [-0.1, -0.05) is 29.8 Å². The lowest BCUT2D eigenvalue weighted by Gasteiger charge is -2.15. The van der Waals surface area contributed by atoms with Gasteiger partial charge >= 0.3 is 0 Å². The van der Waals surface area contributed by atoms with Crippen molar-refractivity contribution in [1.29, 1.82) is 0 Å². The molecule has 6 heteroatoms. The van der Waals surface area contributed by atoms with Crippen LogP contribution < -0.4 is 9.47 Å². The minimum atomic E-state index is -0.643. The first-order valence-corrected chi connectivity index (χ1v) is 7.92. The number of hydrogen-bond acceptors (Lipinski definition) is 6. The Bertz CT molecular complexity index is 865. The van der Waals surface area contributed by atoms with Gasteiger partial charge in [0.15, 0.2) is 17.3 Å². The molecule has 0 radical (unpaired) electrons. The third kappa shape index (κ3) is 3.74. The minimum Gasteiger partial charge on any atom is -0.506 e. The van der Waals surface area contributed by atoms with Crippen molar-refractivity contribution in [2.75, 3.05) is 14.2 Å². The van der Waals surface area contributed by atoms with Crippen molar-refractivity contribution in [2.24, 2.45) is 0 Å². The van der Waals surface area contributed by atoms with Crippen LogP contribution >= 0.6 is 0 Å². The Morgan fingerprint density at radius 3 is 1.96 bits per heavy atom. The second-order valence-electron chi connectivity index (χ2n) is 5.83. The summed E-state index contributed by atoms with van der Waals surface area (Å²) in [6.07, 6.45) is -0.462. The Morgan fingerprint density at radius 1 is 0.923 bits per heavy atom. The quantitative estimate of drug-likeness (QED) is 0.604. The van der Waals surface area contributed by atoms with Gasteiger partial charge in [-0.05, 0) is 13.8 Å². The lowest BCUT2D eigenvalue weighted by atomic mass is 9.96. The SMILES string of the molecule is COc1cc(OC)c(C(=O)CC(=O)c2ccc(C)cc2)c(O)c1C(C)=O. The lowest BCUT2D eigenvalue weighted by molar-refractivity contribution is 0.0891. The number of hydrogen-bond donors (Lipinski definition) is 1. The second kappa shape index (κ2) is 7.82. The first kappa shape index (κ1) is 19.2. The molecule has 2 aromatic rings. The van der Waals surface area contributed by atoms with Crippen LogP contribution in [-0.2, 0) is 0 Å². The van der Waals surface area contributed by atoms with Crippen LogP contribution in [0.5, 0.6) is 17.2 Å². The van der Waals surface area contributed by atoms with Crippen LogP contribution in [0.1, 0.15) is 50.0 Å². The highest BCUT2D eigenvalue weighted by Crippen LogP contribution is 2.39. The fourth-order valence-corrected chi connectivity index (χ4v) is 2.63. The Kier molecular flexibility index (Phi) is 5.77. The van der Waals surface area contributed by atoms with Crippen molar-refractivity contribution in [3.63, 3.8) is 0 Å². The van der Waals surface area contributed by atoms with Crippen LogP contribution in [0.2, 0.25) is 0 Å². The highest BCUT2D eigenvalue weighted by Gasteiger charge is 2.27. The summed E-state index contributed by atoms with van der Waals surface area (Å²) in [6, 6.07) is 8.17. The molecule has 0 atom stereocenters. The number of Topliss-reactive ketones (excluding diaryl/α,β-unsaturated/α-hetero) is 3. The van der Waals surface area contributed by atoms with Gasteiger partial charge in [0, 0.05) is 11.6 Å². The number of carbonyl (C=O) groups excluding carboxylic acids is 3. The van der Waals surface area contributed by atoms with Gasteiger partial charge < -0.3 is 14.6 Å². The van der Waals surface area contributed by atoms with Crippen LogP contribution in [0.25, 0.3) is 0 Å². The molecule has 0 aliphatic carbocycles. The summed E-state index contributed by atoms with van der Waals surface area (Å²) < 4.78 is 10.2. The lowest BCUT2D eigenvalue weighted by Crippen LogP contribution is -2.12. The van der Waals surface area contributed by atoms with Crippen molar-refractivity contribution < 1.29 is 29.0 Å². The van der Waals surface area contributed by atoms with Crippen molar-refractivity contribution in [3.8, 4) is 17.2 Å². The van der Waals surface area contributed by atoms with Crippen molar-refractivity contribution in [3.05, 3.63) is 52.6 Å². The van der Waals surface area contributed by atoms with E-state index < -0.39 is 29.5 Å². The molecule has 0 aliphatic rings. The first-order valence-electron chi connectivity index (χ1n) is 7.92. The van der Waals surface area contributed by atoms with Gasteiger partial charge in [-0.3, -0.25) is 14.4 Å². The second-order valence-corrected chi connectivity index (χ2v) is 5.83. The van der Waals surface area contributed by atoms with Gasteiger partial charge in [-0.2, -0.15) is 0 Å². The smallest absolute Gasteiger partial charge is 0.178 e. The van der Waals surface area contributed by atoms with E-state index in [1.165, 1.54) is 27.2 Å². The van der Waals surface area contributed by atoms with E-state index in [1.54, 1.807) is 24.3 Å². The zero-order valence-electron chi connectivity index (χ0n) is 15.1. The molecule has 0 fully saturated rings. The van der Waals surface area contributed by atoms with E-state index in [-0.39, 0.29) is 22.6 Å². The number of phenolic OH excluding ortho intramolecular Hbond substituents is 1. The highest BCUT2D eigenvalue weighted by atomic mass is 16.5. The first-order chi connectivity index (χ1) is 12.3. The van der Waals surface area contributed by atoms with Gasteiger partial charge in [-0.25, -0.2) is 0 Å². The average molecular weight is 356 g/mol. The molecule has 1 N–H and O–H groups in total. The standard InChI is InChI=1S/C20H20O6/c1-11-5-7-13(8-6-11)14(22)9-15(23)19-17(26-4)10-16(25-3)18(12(2)21)20(19)24/h5-8,10,24H,9H2,1-4H3. The molecule has 0 aromatic heterocycles. The molecular weight excluding hydrogens is 336 g/mol. The summed E-state index contributed by atoms with van der Waals surface area (Å²) in [4.78, 5) is 36.9. The third-order valence-electron chi connectivity index (χ3n) is 3.99. The van der Waals surface area contributed by atoms with Gasteiger partial charge in [0.2, 0.25) is 0 Å². The molecule has 26 heavy (non-hydrogen) atoms. The Hall–Kier alpha value is -3.15. The van der Waals surface area contributed by atoms with Crippen molar-refractivity contribution in [1.82, 2.24) is 0 Å². The number of ether oxygens (including phenoxy) is 2. The molecular formula is C20H20O6. The van der Waals surface area contributed by atoms with Gasteiger partial charge in [-0.15, -0.1) is 0 Å². The maximum atomic E-state index is 12.7. The van der Waals surface area contributed by atoms with Crippen molar-refractivity contribution >= 4 is 17.3 Å². The van der Waals surface area contributed by atoms with E-state index in [9.17, 15) is 19.5 Å². The number of rotatable bonds is 7. The Labute approximate surface area is 151 Å². The molecule has 0 unspecified atom stereocenters. The summed E-state index contributed by atoms with van der Waals surface area (Å²) in [7, 11) is 2.66. The van der Waals surface area contributed by atoms with E-state index >= 15 is 0 Å². The summed E-state index contributed by atoms with van der Waals surface area (Å²) in [5.74, 6) is -1.93. The molecule has 0 saturated carbocycles. The normalized spacial score (nSPS) is 10.3. The van der Waals surface area contributed by atoms with Gasteiger partial charge in [0.25, 0.3) is 0 Å². The summed E-state index contributed by atoms with van der Waals surface area (Å²) in [6.45, 7) is 3.14. The van der Waals surface area contributed by atoms with E-state index in [1.807, 2.05) is 6.92 Å². The van der Waals surface area contributed by atoms with E-state index in [0.29, 0.717) is 5.56 Å². The van der Waals surface area contributed by atoms with Gasteiger partial charge in [0.05, 0.1) is 20.6 Å². The molecule has 2 rings (SSSR count). The minimum absolute atomic E-state index is 0.0334. The molecule has 136 valence electrons. The topological polar surface area (TPSA) is 89.9 Å². The molecule has 0 heterocycles. The summed E-state index contributed by atoms with van der Waals surface area (Å²) in [5.41, 5.74) is 1.05. The van der Waals surface area contributed by atoms with E-state index in [4.69, 9.17) is 9.47 Å². The molecule has 0 amide bonds. The number of aromatic hydroxyl groups is 1. The molecule has 0 saturated heterocycles. The molecule has 6 nitrogen and oxygen atoms in total. The number of phenols is 1. The largest absolute Gasteiger partial charge is 0.506 e. The van der Waals surface area contributed by atoms with Crippen LogP contribution in [0.3, 0.4) is 0 Å². The van der Waals surface area contributed by atoms with Crippen LogP contribution in [0.15, 0.2) is 30.3 Å². The summed E-state index contributed by atoms with van der Waals surface area (Å²) in [5, 5.41) is 10.5. The summed E-state index contributed by atoms with van der Waals surface area (Å²) >= 11 is 0. The maximum Gasteiger partial charge on any atom is 0.178 e. The highest BCUT2D eigenvalue weighted by molar-refractivity contribution is 6.17. The maximum absolute atomic E-state index is 12.7. The molecule has 2 aromatic carbocycles. The van der Waals surface area contributed by atoms with E-state index in [2.05, 4.69) is 0 Å². The Balaban J connectivity index is 2.44.